The number of rotatable bonds is 7. The van der Waals surface area contributed by atoms with Crippen molar-refractivity contribution in [2.45, 2.75) is 52.2 Å². The van der Waals surface area contributed by atoms with E-state index in [4.69, 9.17) is 10.5 Å². The first-order valence-electron chi connectivity index (χ1n) is 11.8. The molecule has 0 spiro atoms. The number of aromatic nitrogens is 2. The lowest BCUT2D eigenvalue weighted by Crippen LogP contribution is -2.38. The fraction of sp³-hybridized carbons (Fsp3) is 0.560. The molecule has 1 saturated carbocycles. The molecule has 4 rings (SSSR count). The summed E-state index contributed by atoms with van der Waals surface area (Å²) in [6.45, 7) is 10.8. The molecule has 8 nitrogen and oxygen atoms in total. The highest BCUT2D eigenvalue weighted by molar-refractivity contribution is 5.67. The normalized spacial score (nSPS) is 23.1. The molecule has 1 aromatic carbocycles. The van der Waals surface area contributed by atoms with E-state index in [1.54, 1.807) is 12.3 Å². The van der Waals surface area contributed by atoms with Crippen molar-refractivity contribution in [3.8, 4) is 5.69 Å². The van der Waals surface area contributed by atoms with Gasteiger partial charge >= 0.3 is 11.8 Å². The fourth-order valence-electron chi connectivity index (χ4n) is 5.01. The van der Waals surface area contributed by atoms with Gasteiger partial charge in [0.1, 0.15) is 11.4 Å². The van der Waals surface area contributed by atoms with Crippen molar-refractivity contribution in [2.24, 2.45) is 17.8 Å². The van der Waals surface area contributed by atoms with Gasteiger partial charge in [0.05, 0.1) is 5.69 Å². The van der Waals surface area contributed by atoms with Crippen LogP contribution in [0.3, 0.4) is 0 Å². The van der Waals surface area contributed by atoms with Crippen LogP contribution < -0.4 is 16.7 Å². The lowest BCUT2D eigenvalue weighted by Gasteiger charge is -2.29. The molecule has 1 aliphatic carbocycles. The van der Waals surface area contributed by atoms with E-state index in [9.17, 15) is 9.59 Å². The molecule has 2 fully saturated rings. The van der Waals surface area contributed by atoms with Gasteiger partial charge in [-0.05, 0) is 75.1 Å². The van der Waals surface area contributed by atoms with Gasteiger partial charge in [-0.1, -0.05) is 19.1 Å². The number of benzene rings is 1. The standard InChI is InChI=1S/C25H35N5O3/c1-5-17(12-16-6-8-18(9-7-16)30-11-10-22(26)28-23(30)31)29-14-20-19(21(20)15-29)13-27-24(32)33-25(2,3)4/h6-11,17,19-21H,5,12-15H2,1-4H3,(H,27,32)(H2,26,28,31). The predicted molar refractivity (Wildman–Crippen MR) is 128 cm³/mol. The number of nitrogens with zero attached hydrogens (tertiary/aromatic N) is 3. The smallest absolute Gasteiger partial charge is 0.407 e. The molecule has 3 atom stereocenters. The zero-order chi connectivity index (χ0) is 23.8. The summed E-state index contributed by atoms with van der Waals surface area (Å²) in [4.78, 5) is 30.4. The number of carbonyl (C=O) groups is 1. The van der Waals surface area contributed by atoms with E-state index in [2.05, 4.69) is 34.3 Å². The zero-order valence-electron chi connectivity index (χ0n) is 20.0. The molecule has 2 aliphatic rings. The second kappa shape index (κ2) is 9.17. The Bertz CT molecular complexity index is 1030. The highest BCUT2D eigenvalue weighted by Crippen LogP contribution is 2.52. The minimum Gasteiger partial charge on any atom is -0.444 e. The number of anilines is 1. The molecule has 1 aromatic heterocycles. The summed E-state index contributed by atoms with van der Waals surface area (Å²) in [6, 6.07) is 10.2. The number of hydrogen-bond acceptors (Lipinski definition) is 6. The Morgan fingerprint density at radius 1 is 1.21 bits per heavy atom. The highest BCUT2D eigenvalue weighted by atomic mass is 16.6. The molecular formula is C25H35N5O3. The Labute approximate surface area is 195 Å². The lowest BCUT2D eigenvalue weighted by molar-refractivity contribution is 0.0521. The molecule has 1 amide bonds. The van der Waals surface area contributed by atoms with E-state index in [1.807, 2.05) is 32.9 Å². The lowest BCUT2D eigenvalue weighted by atomic mass is 10.0. The van der Waals surface area contributed by atoms with Crippen LogP contribution in [0.2, 0.25) is 0 Å². The monoisotopic (exact) mass is 453 g/mol. The van der Waals surface area contributed by atoms with Crippen molar-refractivity contribution < 1.29 is 9.53 Å². The Balaban J connectivity index is 1.28. The Kier molecular flexibility index (Phi) is 6.47. The predicted octanol–water partition coefficient (Wildman–Crippen LogP) is 2.84. The van der Waals surface area contributed by atoms with Gasteiger partial charge in [-0.3, -0.25) is 9.47 Å². The van der Waals surface area contributed by atoms with Crippen LogP contribution in [0.4, 0.5) is 10.6 Å². The first-order valence-corrected chi connectivity index (χ1v) is 11.8. The van der Waals surface area contributed by atoms with E-state index in [0.29, 0.717) is 30.3 Å². The first-order chi connectivity index (χ1) is 15.6. The number of nitrogen functional groups attached to an aromatic ring is 1. The second-order valence-electron chi connectivity index (χ2n) is 10.3. The minimum atomic E-state index is -0.463. The SMILES string of the molecule is CCC(Cc1ccc(-n2ccc(N)nc2=O)cc1)N1CC2C(CNC(=O)OC(C)(C)C)C2C1. The summed E-state index contributed by atoms with van der Waals surface area (Å²) < 4.78 is 6.84. The average Bonchev–Trinajstić information content (AvgIpc) is 3.19. The van der Waals surface area contributed by atoms with E-state index >= 15 is 0 Å². The van der Waals surface area contributed by atoms with Gasteiger partial charge in [-0.15, -0.1) is 0 Å². The van der Waals surface area contributed by atoms with Crippen LogP contribution >= 0.6 is 0 Å². The molecule has 8 heteroatoms. The Morgan fingerprint density at radius 2 is 1.88 bits per heavy atom. The molecule has 178 valence electrons. The van der Waals surface area contributed by atoms with Crippen LogP contribution in [-0.2, 0) is 11.2 Å². The second-order valence-corrected chi connectivity index (χ2v) is 10.3. The Morgan fingerprint density at radius 3 is 2.45 bits per heavy atom. The molecule has 1 aliphatic heterocycles. The third kappa shape index (κ3) is 5.55. The molecule has 3 unspecified atom stereocenters. The summed E-state index contributed by atoms with van der Waals surface area (Å²) in [7, 11) is 0. The van der Waals surface area contributed by atoms with Crippen LogP contribution in [0.5, 0.6) is 0 Å². The minimum absolute atomic E-state index is 0.227. The first kappa shape index (κ1) is 23.3. The number of nitrogens with one attached hydrogen (secondary N) is 1. The van der Waals surface area contributed by atoms with E-state index < -0.39 is 5.60 Å². The molecule has 2 heterocycles. The van der Waals surface area contributed by atoms with Crippen LogP contribution in [0, 0.1) is 17.8 Å². The number of fused-ring (bicyclic) bond motifs is 1. The van der Waals surface area contributed by atoms with Crippen molar-refractivity contribution in [3.05, 3.63) is 52.6 Å². The summed E-state index contributed by atoms with van der Waals surface area (Å²) in [5.41, 5.74) is 6.78. The summed E-state index contributed by atoms with van der Waals surface area (Å²) >= 11 is 0. The molecule has 2 aromatic rings. The largest absolute Gasteiger partial charge is 0.444 e. The van der Waals surface area contributed by atoms with Crippen molar-refractivity contribution in [1.29, 1.82) is 0 Å². The number of carbonyl (C=O) groups excluding carboxylic acids is 1. The molecule has 33 heavy (non-hydrogen) atoms. The maximum atomic E-state index is 12.1. The zero-order valence-corrected chi connectivity index (χ0v) is 20.0. The molecule has 3 N–H and O–H groups in total. The number of hydrogen-bond donors (Lipinski definition) is 2. The highest BCUT2D eigenvalue weighted by Gasteiger charge is 2.56. The van der Waals surface area contributed by atoms with E-state index in [0.717, 1.165) is 31.6 Å². The van der Waals surface area contributed by atoms with Gasteiger partial charge in [0.25, 0.3) is 0 Å². The number of ether oxygens (including phenoxy) is 1. The molecule has 0 radical (unpaired) electrons. The molecule has 0 bridgehead atoms. The van der Waals surface area contributed by atoms with Crippen molar-refractivity contribution in [3.63, 3.8) is 0 Å². The van der Waals surface area contributed by atoms with Gasteiger partial charge in [0.2, 0.25) is 0 Å². The van der Waals surface area contributed by atoms with Crippen LogP contribution in [0.25, 0.3) is 5.69 Å². The maximum Gasteiger partial charge on any atom is 0.407 e. The Hall–Kier alpha value is -2.87. The number of likely N-dealkylation sites (tertiary alicyclic amines) is 1. The van der Waals surface area contributed by atoms with Gasteiger partial charge in [0.15, 0.2) is 0 Å². The number of piperidine rings is 1. The van der Waals surface area contributed by atoms with Crippen LogP contribution in [-0.4, -0.2) is 51.8 Å². The van der Waals surface area contributed by atoms with Gasteiger partial charge in [-0.2, -0.15) is 4.98 Å². The van der Waals surface area contributed by atoms with Gasteiger partial charge in [0, 0.05) is 31.9 Å². The number of alkyl carbamates (subject to hydrolysis) is 1. The van der Waals surface area contributed by atoms with E-state index in [1.165, 1.54) is 10.1 Å². The topological polar surface area (TPSA) is 102 Å². The van der Waals surface area contributed by atoms with Crippen molar-refractivity contribution >= 4 is 11.9 Å². The maximum absolute atomic E-state index is 12.1. The number of amides is 1. The number of nitrogens with two attached hydrogens (primary N) is 1. The third-order valence-electron chi connectivity index (χ3n) is 6.78. The summed E-state index contributed by atoms with van der Waals surface area (Å²) in [5, 5.41) is 2.94. The average molecular weight is 454 g/mol. The third-order valence-corrected chi connectivity index (χ3v) is 6.78. The van der Waals surface area contributed by atoms with Crippen molar-refractivity contribution in [1.82, 2.24) is 19.8 Å². The molecule has 1 saturated heterocycles. The van der Waals surface area contributed by atoms with Gasteiger partial charge in [-0.25, -0.2) is 9.59 Å². The van der Waals surface area contributed by atoms with E-state index in [-0.39, 0.29) is 17.6 Å². The van der Waals surface area contributed by atoms with Crippen LogP contribution in [0.1, 0.15) is 39.7 Å². The summed E-state index contributed by atoms with van der Waals surface area (Å²) in [6.07, 6.45) is 3.39. The molecular weight excluding hydrogens is 418 g/mol. The fourth-order valence-corrected chi connectivity index (χ4v) is 5.01. The quantitative estimate of drug-likeness (QED) is 0.668. The summed E-state index contributed by atoms with van der Waals surface area (Å²) in [5.74, 6) is 2.13. The van der Waals surface area contributed by atoms with Gasteiger partial charge < -0.3 is 15.8 Å². The van der Waals surface area contributed by atoms with Crippen LogP contribution in [0.15, 0.2) is 41.3 Å². The van der Waals surface area contributed by atoms with Crippen molar-refractivity contribution in [2.75, 3.05) is 25.4 Å².